The number of halogens is 4. The van der Waals surface area contributed by atoms with Crippen molar-refractivity contribution in [1.82, 2.24) is 0 Å². The van der Waals surface area contributed by atoms with Crippen LogP contribution in [0, 0.1) is 15.2 Å². The smallest absolute Gasteiger partial charge is 0.241 e. The molecule has 11 heteroatoms. The highest BCUT2D eigenvalue weighted by molar-refractivity contribution is 14.1. The van der Waals surface area contributed by atoms with Crippen molar-refractivity contribution in [2.75, 3.05) is 11.9 Å². The van der Waals surface area contributed by atoms with E-state index in [9.17, 15) is 17.2 Å². The molecule has 0 fully saturated rings. The number of hydrogen-bond donors (Lipinski definition) is 3. The van der Waals surface area contributed by atoms with E-state index in [1.54, 1.807) is 24.3 Å². The lowest BCUT2D eigenvalue weighted by Gasteiger charge is -2.17. The van der Waals surface area contributed by atoms with Gasteiger partial charge in [-0.15, -0.1) is 0 Å². The topological polar surface area (TPSA) is 111 Å². The number of nitrogens with two attached hydrogens (primary N) is 2. The van der Waals surface area contributed by atoms with Gasteiger partial charge in [0.1, 0.15) is 10.7 Å². The maximum atomic E-state index is 14.8. The first-order valence-corrected chi connectivity index (χ1v) is 10.4. The Bertz CT molecular complexity index is 1120. The first kappa shape index (κ1) is 20.0. The standard InChI is InChI=1S/C16H12ClF2IN4O2S/c17-10-5-7(20)1-2-11(10)24-15-9(8-3-4-23-16(8)21)6-12(27(22,25)26)13(18)14(15)19/h1-3,5-6,24H,4H2,(H2,21,23)(H2,22,25,26). The molecular weight excluding hydrogens is 513 g/mol. The average molecular weight is 525 g/mol. The van der Waals surface area contributed by atoms with Crippen LogP contribution in [0.15, 0.2) is 40.2 Å². The van der Waals surface area contributed by atoms with Gasteiger partial charge in [0.15, 0.2) is 11.6 Å². The lowest BCUT2D eigenvalue weighted by Crippen LogP contribution is -2.18. The summed E-state index contributed by atoms with van der Waals surface area (Å²) < 4.78 is 53.4. The van der Waals surface area contributed by atoms with Gasteiger partial charge < -0.3 is 11.1 Å². The van der Waals surface area contributed by atoms with E-state index in [0.29, 0.717) is 5.69 Å². The fraction of sp³-hybridized carbons (Fsp3) is 0.0625. The monoisotopic (exact) mass is 524 g/mol. The van der Waals surface area contributed by atoms with Crippen LogP contribution in [0.1, 0.15) is 5.56 Å². The maximum absolute atomic E-state index is 14.8. The molecule has 5 N–H and O–H groups in total. The number of hydrogen-bond acceptors (Lipinski definition) is 5. The van der Waals surface area contributed by atoms with Crippen LogP contribution >= 0.6 is 34.2 Å². The van der Waals surface area contributed by atoms with Crippen molar-refractivity contribution in [3.63, 3.8) is 0 Å². The second-order valence-electron chi connectivity index (χ2n) is 5.56. The van der Waals surface area contributed by atoms with Crippen LogP contribution in [0.5, 0.6) is 0 Å². The van der Waals surface area contributed by atoms with Crippen molar-refractivity contribution in [3.05, 3.63) is 56.1 Å². The lowest BCUT2D eigenvalue weighted by molar-refractivity contribution is 0.487. The van der Waals surface area contributed by atoms with Crippen LogP contribution in [0.3, 0.4) is 0 Å². The van der Waals surface area contributed by atoms with Crippen LogP contribution in [-0.2, 0) is 10.0 Å². The SMILES string of the molecule is NC1=NCC=C1c1cc(S(N)(=O)=O)c(F)c(F)c1Nc1ccc(I)cc1Cl. The van der Waals surface area contributed by atoms with E-state index in [-0.39, 0.29) is 34.2 Å². The Kier molecular flexibility index (Phi) is 5.43. The zero-order valence-corrected chi connectivity index (χ0v) is 17.2. The van der Waals surface area contributed by atoms with Crippen molar-refractivity contribution in [1.29, 1.82) is 0 Å². The number of sulfonamides is 1. The van der Waals surface area contributed by atoms with E-state index in [1.165, 1.54) is 0 Å². The van der Waals surface area contributed by atoms with Crippen molar-refractivity contribution in [2.24, 2.45) is 15.9 Å². The molecule has 3 rings (SSSR count). The number of primary sulfonamides is 1. The molecule has 6 nitrogen and oxygen atoms in total. The molecule has 0 radical (unpaired) electrons. The minimum absolute atomic E-state index is 0.00583. The van der Waals surface area contributed by atoms with E-state index < -0.39 is 26.6 Å². The third kappa shape index (κ3) is 3.93. The molecule has 142 valence electrons. The normalized spacial score (nSPS) is 14.1. The Morgan fingerprint density at radius 2 is 1.93 bits per heavy atom. The van der Waals surface area contributed by atoms with E-state index in [4.69, 9.17) is 22.5 Å². The number of benzene rings is 2. The Morgan fingerprint density at radius 1 is 1.22 bits per heavy atom. The van der Waals surface area contributed by atoms with Crippen LogP contribution in [0.25, 0.3) is 5.57 Å². The van der Waals surface area contributed by atoms with Crippen molar-refractivity contribution in [3.8, 4) is 0 Å². The summed E-state index contributed by atoms with van der Waals surface area (Å²) in [6, 6.07) is 5.85. The summed E-state index contributed by atoms with van der Waals surface area (Å²) in [5, 5.41) is 8.00. The fourth-order valence-electron chi connectivity index (χ4n) is 2.54. The van der Waals surface area contributed by atoms with E-state index in [2.05, 4.69) is 32.9 Å². The molecule has 1 aliphatic rings. The van der Waals surface area contributed by atoms with Gasteiger partial charge in [0.05, 0.1) is 22.9 Å². The van der Waals surface area contributed by atoms with Gasteiger partial charge in [-0.2, -0.15) is 0 Å². The summed E-state index contributed by atoms with van der Waals surface area (Å²) in [6.07, 6.45) is 1.57. The van der Waals surface area contributed by atoms with Gasteiger partial charge in [0.2, 0.25) is 10.0 Å². The van der Waals surface area contributed by atoms with Gasteiger partial charge >= 0.3 is 0 Å². The zero-order chi connectivity index (χ0) is 19.9. The van der Waals surface area contributed by atoms with Crippen molar-refractivity contribution < 1.29 is 17.2 Å². The molecule has 0 bridgehead atoms. The largest absolute Gasteiger partial charge is 0.383 e. The number of nitrogens with zero attached hydrogens (tertiary/aromatic N) is 1. The summed E-state index contributed by atoms with van der Waals surface area (Å²) in [5.74, 6) is -2.95. The summed E-state index contributed by atoms with van der Waals surface area (Å²) in [5.41, 5.74) is 6.05. The molecular formula is C16H12ClF2IN4O2S. The molecule has 27 heavy (non-hydrogen) atoms. The number of anilines is 2. The predicted octanol–water partition coefficient (Wildman–Crippen LogP) is 3.37. The molecule has 1 aliphatic heterocycles. The molecule has 0 unspecified atom stereocenters. The maximum Gasteiger partial charge on any atom is 0.241 e. The molecule has 0 saturated heterocycles. The van der Waals surface area contributed by atoms with Crippen LogP contribution in [0.4, 0.5) is 20.2 Å². The summed E-state index contributed by atoms with van der Waals surface area (Å²) >= 11 is 8.20. The highest BCUT2D eigenvalue weighted by Crippen LogP contribution is 2.37. The van der Waals surface area contributed by atoms with Gasteiger partial charge in [0, 0.05) is 14.7 Å². The van der Waals surface area contributed by atoms with Gasteiger partial charge in [-0.25, -0.2) is 22.3 Å². The van der Waals surface area contributed by atoms with E-state index in [1.807, 2.05) is 0 Å². The minimum Gasteiger partial charge on any atom is -0.383 e. The Balaban J connectivity index is 2.26. The number of amidine groups is 1. The summed E-state index contributed by atoms with van der Waals surface area (Å²) in [4.78, 5) is 2.99. The van der Waals surface area contributed by atoms with Crippen molar-refractivity contribution in [2.45, 2.75) is 4.90 Å². The zero-order valence-electron chi connectivity index (χ0n) is 13.4. The van der Waals surface area contributed by atoms with E-state index in [0.717, 1.165) is 9.64 Å². The Hall–Kier alpha value is -1.76. The van der Waals surface area contributed by atoms with Gasteiger partial charge in [-0.05, 0) is 46.9 Å². The third-order valence-electron chi connectivity index (χ3n) is 3.79. The molecule has 0 saturated carbocycles. The molecule has 0 spiro atoms. The number of rotatable bonds is 4. The second kappa shape index (κ2) is 7.34. The molecule has 0 atom stereocenters. The van der Waals surface area contributed by atoms with Crippen LogP contribution < -0.4 is 16.2 Å². The lowest BCUT2D eigenvalue weighted by atomic mass is 10.0. The van der Waals surface area contributed by atoms with Crippen LogP contribution in [-0.4, -0.2) is 20.8 Å². The highest BCUT2D eigenvalue weighted by Gasteiger charge is 2.27. The van der Waals surface area contributed by atoms with Crippen molar-refractivity contribution >= 4 is 67.0 Å². The molecule has 0 amide bonds. The quantitative estimate of drug-likeness (QED) is 0.533. The Labute approximate surface area is 172 Å². The second-order valence-corrected chi connectivity index (χ2v) is 8.75. The molecule has 2 aromatic rings. The van der Waals surface area contributed by atoms with Gasteiger partial charge in [-0.1, -0.05) is 17.7 Å². The minimum atomic E-state index is -4.51. The fourth-order valence-corrected chi connectivity index (χ4v) is 4.07. The Morgan fingerprint density at radius 3 is 2.48 bits per heavy atom. The van der Waals surface area contributed by atoms with E-state index >= 15 is 0 Å². The summed E-state index contributed by atoms with van der Waals surface area (Å²) in [7, 11) is -4.51. The highest BCUT2D eigenvalue weighted by atomic mass is 127. The number of aliphatic imine (C=N–C) groups is 1. The summed E-state index contributed by atoms with van der Waals surface area (Å²) in [6.45, 7) is 0.231. The first-order chi connectivity index (χ1) is 12.6. The number of nitrogens with one attached hydrogen (secondary N) is 1. The third-order valence-corrected chi connectivity index (χ3v) is 5.69. The molecule has 1 heterocycles. The molecule has 0 aromatic heterocycles. The van der Waals surface area contributed by atoms with Crippen LogP contribution in [0.2, 0.25) is 5.02 Å². The van der Waals surface area contributed by atoms with Gasteiger partial charge in [-0.3, -0.25) is 4.99 Å². The predicted molar refractivity (Wildman–Crippen MR) is 110 cm³/mol. The average Bonchev–Trinajstić information content (AvgIpc) is 2.99. The first-order valence-electron chi connectivity index (χ1n) is 7.37. The van der Waals surface area contributed by atoms with Gasteiger partial charge in [0.25, 0.3) is 0 Å². The molecule has 0 aliphatic carbocycles. The molecule has 2 aromatic carbocycles.